The molecule has 0 unspecified atom stereocenters. The van der Waals surface area contributed by atoms with Gasteiger partial charge in [0, 0.05) is 55.4 Å². The Kier molecular flexibility index (Phi) is 22.6. The smallest absolute Gasteiger partial charge is 0.136 e. The summed E-state index contributed by atoms with van der Waals surface area (Å²) in [6.07, 6.45) is 0. The first-order valence-corrected chi connectivity index (χ1v) is 47.5. The lowest BCUT2D eigenvalue weighted by Gasteiger charge is -2.34. The number of anilines is 6. The van der Waals surface area contributed by atoms with Crippen LogP contribution in [0.2, 0.25) is 0 Å². The highest BCUT2D eigenvalue weighted by Gasteiger charge is 2.49. The van der Waals surface area contributed by atoms with E-state index in [1.807, 2.05) is 12.1 Å². The number of furan rings is 2. The van der Waals surface area contributed by atoms with Crippen molar-refractivity contribution in [3.8, 4) is 111 Å². The average molecular weight is 1790 g/mol. The standard InChI is InChI=1S/2C67H45NO.2CH4/c1-4-20-46(21-5-1)47-40-42-48(43-41-47)49-22-16-28-53(44-49)68(54-29-17-23-50(45-54)55-33-19-39-64-66(55)59-32-12-15-38-63(59)69-64)62-37-14-11-30-56(62)57-34-18-36-61-65(57)58-31-10-13-35-60(58)67(61,51-24-6-2-7-25-51)52-26-8-3-9-27-52;1-4-19-46(20-5-1)47-37-39-48(40-38-47)49-41-43-53(44-42-49)68(54-26-16-21-50(45-54)55-30-18-36-64-66(55)59-29-12-15-35-63(59)69-64)62-34-14-11-27-56(62)57-31-17-33-61-65(57)58-28-10-13-32-60(58)67(61,51-22-6-2-7-23-51)52-24-8-3-9-25-52;;/h2*1-45H;2*1H4. The van der Waals surface area contributed by atoms with Gasteiger partial charge in [0.1, 0.15) is 22.3 Å². The van der Waals surface area contributed by atoms with Gasteiger partial charge in [-0.25, -0.2) is 0 Å². The molecule has 2 aromatic heterocycles. The first-order chi connectivity index (χ1) is 68.5. The average Bonchev–Trinajstić information content (AvgIpc) is 1.53. The van der Waals surface area contributed by atoms with Crippen molar-refractivity contribution in [2.75, 3.05) is 9.80 Å². The van der Waals surface area contributed by atoms with Gasteiger partial charge in [-0.05, 0) is 230 Å². The number of hydrogen-bond donors (Lipinski definition) is 0. The van der Waals surface area contributed by atoms with Crippen LogP contribution in [-0.2, 0) is 10.8 Å². The molecule has 0 saturated heterocycles. The predicted molar refractivity (Wildman–Crippen MR) is 588 cm³/mol. The Bertz CT molecular complexity index is 8590. The molecule has 140 heavy (non-hydrogen) atoms. The van der Waals surface area contributed by atoms with Crippen molar-refractivity contribution >= 4 is 78.0 Å². The number of rotatable bonds is 18. The lowest BCUT2D eigenvalue weighted by atomic mass is 9.67. The summed E-state index contributed by atoms with van der Waals surface area (Å²) < 4.78 is 12.8. The number of benzene rings is 22. The largest absolute Gasteiger partial charge is 0.456 e. The number of nitrogens with zero attached hydrogens (tertiary/aromatic N) is 2. The monoisotopic (exact) mass is 1790 g/mol. The Balaban J connectivity index is 0.000000154. The third-order valence-electron chi connectivity index (χ3n) is 28.4. The zero-order valence-electron chi connectivity index (χ0n) is 75.7. The summed E-state index contributed by atoms with van der Waals surface area (Å²) in [6.45, 7) is 0. The SMILES string of the molecule is C.C.c1ccc(-c2ccc(-c3ccc(N(c4cccc(-c5cccc6oc7ccccc7c56)c4)c4ccccc4-c4cccc5c4-c4ccccc4C5(c4ccccc4)c4ccccc4)cc3)cc2)cc1.c1ccc(-c2ccc(-c3cccc(N(c4cccc(-c5cccc6oc7ccccc7c56)c4)c4ccccc4-c4cccc5c4-c4ccccc4C5(c4ccccc4)c4ccccc4)c3)cc2)cc1. The summed E-state index contributed by atoms with van der Waals surface area (Å²) in [5.74, 6) is 0. The summed E-state index contributed by atoms with van der Waals surface area (Å²) in [5, 5.41) is 4.47. The van der Waals surface area contributed by atoms with E-state index in [9.17, 15) is 0 Å². The summed E-state index contributed by atoms with van der Waals surface area (Å²) in [6, 6.07) is 199. The second-order valence-corrected chi connectivity index (χ2v) is 35.9. The first-order valence-electron chi connectivity index (χ1n) is 47.5. The van der Waals surface area contributed by atoms with E-state index in [2.05, 4.69) is 544 Å². The molecule has 0 fully saturated rings. The second-order valence-electron chi connectivity index (χ2n) is 35.9. The molecule has 0 atom stereocenters. The molecule has 0 saturated carbocycles. The van der Waals surface area contributed by atoms with Gasteiger partial charge in [0.2, 0.25) is 0 Å². The maximum Gasteiger partial charge on any atom is 0.136 e. The molecular weight excluding hydrogens is 1690 g/mol. The molecule has 22 aromatic carbocycles. The molecule has 2 aliphatic rings. The van der Waals surface area contributed by atoms with Crippen LogP contribution >= 0.6 is 0 Å². The summed E-state index contributed by atoms with van der Waals surface area (Å²) in [5.41, 5.74) is 42.7. The zero-order valence-corrected chi connectivity index (χ0v) is 75.7. The molecular formula is C136H98N2O2. The van der Waals surface area contributed by atoms with Crippen LogP contribution in [-0.4, -0.2) is 0 Å². The van der Waals surface area contributed by atoms with E-state index >= 15 is 0 Å². The van der Waals surface area contributed by atoms with Crippen LogP contribution in [0.3, 0.4) is 0 Å². The van der Waals surface area contributed by atoms with Crippen molar-refractivity contribution in [2.45, 2.75) is 25.7 Å². The third kappa shape index (κ3) is 14.7. The van der Waals surface area contributed by atoms with Crippen molar-refractivity contribution in [2.24, 2.45) is 0 Å². The number of para-hydroxylation sites is 4. The van der Waals surface area contributed by atoms with Gasteiger partial charge >= 0.3 is 0 Å². The van der Waals surface area contributed by atoms with Gasteiger partial charge in [0.05, 0.1) is 22.2 Å². The summed E-state index contributed by atoms with van der Waals surface area (Å²) >= 11 is 0. The second kappa shape index (κ2) is 36.7. The zero-order chi connectivity index (χ0) is 91.5. The summed E-state index contributed by atoms with van der Waals surface area (Å²) in [7, 11) is 0. The van der Waals surface area contributed by atoms with E-state index in [4.69, 9.17) is 8.83 Å². The number of fused-ring (bicyclic) bond motifs is 12. The van der Waals surface area contributed by atoms with Gasteiger partial charge in [-0.3, -0.25) is 0 Å². The first kappa shape index (κ1) is 86.2. The minimum absolute atomic E-state index is 0. The van der Waals surface area contributed by atoms with Crippen molar-refractivity contribution < 1.29 is 8.83 Å². The van der Waals surface area contributed by atoms with Gasteiger partial charge in [-0.1, -0.05) is 476 Å². The van der Waals surface area contributed by atoms with Crippen LogP contribution in [0.25, 0.3) is 155 Å². The molecule has 2 aliphatic carbocycles. The highest BCUT2D eigenvalue weighted by molar-refractivity contribution is 6.15. The highest BCUT2D eigenvalue weighted by Crippen LogP contribution is 2.62. The minimum atomic E-state index is -0.518. The fourth-order valence-corrected chi connectivity index (χ4v) is 22.3. The van der Waals surface area contributed by atoms with Crippen LogP contribution in [0.5, 0.6) is 0 Å². The van der Waals surface area contributed by atoms with Gasteiger partial charge in [-0.2, -0.15) is 0 Å². The molecule has 0 aliphatic heterocycles. The molecule has 0 spiro atoms. The molecule has 664 valence electrons. The van der Waals surface area contributed by atoms with Crippen molar-refractivity contribution in [1.82, 2.24) is 0 Å². The fraction of sp³-hybridized carbons (Fsp3) is 0.0294. The Morgan fingerprint density at radius 1 is 0.157 bits per heavy atom. The minimum Gasteiger partial charge on any atom is -0.456 e. The van der Waals surface area contributed by atoms with Gasteiger partial charge < -0.3 is 18.6 Å². The highest BCUT2D eigenvalue weighted by atomic mass is 16.3. The molecule has 4 nitrogen and oxygen atoms in total. The Hall–Kier alpha value is -18.0. The molecule has 26 rings (SSSR count). The maximum absolute atomic E-state index is 6.41. The summed E-state index contributed by atoms with van der Waals surface area (Å²) in [4.78, 5) is 4.90. The maximum atomic E-state index is 6.41. The molecule has 0 bridgehead atoms. The normalized spacial score (nSPS) is 12.3. The van der Waals surface area contributed by atoms with Crippen LogP contribution < -0.4 is 9.80 Å². The van der Waals surface area contributed by atoms with E-state index in [0.717, 1.165) is 128 Å². The van der Waals surface area contributed by atoms with Crippen LogP contribution in [0, 0.1) is 0 Å². The van der Waals surface area contributed by atoms with Crippen molar-refractivity contribution in [3.05, 3.63) is 590 Å². The van der Waals surface area contributed by atoms with E-state index in [1.165, 1.54) is 106 Å². The predicted octanol–water partition coefficient (Wildman–Crippen LogP) is 37.4. The number of hydrogen-bond acceptors (Lipinski definition) is 4. The van der Waals surface area contributed by atoms with E-state index in [0.29, 0.717) is 0 Å². The third-order valence-corrected chi connectivity index (χ3v) is 28.4. The Labute approximate surface area is 818 Å². The van der Waals surface area contributed by atoms with Gasteiger partial charge in [0.25, 0.3) is 0 Å². The molecule has 24 aromatic rings. The fourth-order valence-electron chi connectivity index (χ4n) is 22.3. The van der Waals surface area contributed by atoms with Crippen LogP contribution in [0.1, 0.15) is 59.4 Å². The Morgan fingerprint density at radius 3 is 0.800 bits per heavy atom. The lowest BCUT2D eigenvalue weighted by molar-refractivity contribution is 0.668. The topological polar surface area (TPSA) is 32.8 Å². The Morgan fingerprint density at radius 2 is 0.407 bits per heavy atom. The van der Waals surface area contributed by atoms with Gasteiger partial charge in [0.15, 0.2) is 0 Å². The lowest BCUT2D eigenvalue weighted by Crippen LogP contribution is -2.28. The molecule has 0 amide bonds. The molecule has 2 heterocycles. The van der Waals surface area contributed by atoms with Crippen molar-refractivity contribution in [1.29, 1.82) is 0 Å². The molecule has 0 N–H and O–H groups in total. The van der Waals surface area contributed by atoms with E-state index in [-0.39, 0.29) is 14.9 Å². The van der Waals surface area contributed by atoms with E-state index < -0.39 is 10.8 Å². The molecule has 0 radical (unpaired) electrons. The van der Waals surface area contributed by atoms with Crippen LogP contribution in [0.15, 0.2) is 555 Å². The van der Waals surface area contributed by atoms with E-state index in [1.54, 1.807) is 0 Å². The van der Waals surface area contributed by atoms with Crippen LogP contribution in [0.4, 0.5) is 34.1 Å². The quantitative estimate of drug-likeness (QED) is 0.0857. The molecule has 4 heteroatoms. The van der Waals surface area contributed by atoms with Gasteiger partial charge in [-0.15, -0.1) is 0 Å². The van der Waals surface area contributed by atoms with Crippen molar-refractivity contribution in [3.63, 3.8) is 0 Å².